The van der Waals surface area contributed by atoms with Crippen LogP contribution in [0.15, 0.2) is 0 Å². The number of hydrogen-bond donors (Lipinski definition) is 1. The van der Waals surface area contributed by atoms with Gasteiger partial charge in [0.05, 0.1) is 0 Å². The fourth-order valence-corrected chi connectivity index (χ4v) is 1.42. The van der Waals surface area contributed by atoms with Crippen molar-refractivity contribution in [2.75, 3.05) is 28.4 Å². The van der Waals surface area contributed by atoms with Crippen LogP contribution in [0.5, 0.6) is 0 Å². The Hall–Kier alpha value is -0.200. The van der Waals surface area contributed by atoms with Gasteiger partial charge in [-0.15, -0.1) is 0 Å². The molecule has 0 aliphatic carbocycles. The van der Waals surface area contributed by atoms with Crippen LogP contribution in [0.2, 0.25) is 0 Å². The Bertz CT molecular complexity index is 132. The summed E-state index contributed by atoms with van der Waals surface area (Å²) < 4.78 is 21.2. The zero-order valence-electron chi connectivity index (χ0n) is 10.5. The highest BCUT2D eigenvalue weighted by Crippen LogP contribution is 2.21. The number of hydrogen-bond acceptors (Lipinski definition) is 5. The van der Waals surface area contributed by atoms with Crippen LogP contribution in [-0.4, -0.2) is 40.3 Å². The maximum absolute atomic E-state index is 5.30. The average Bonchev–Trinajstić information content (AvgIpc) is 2.33. The van der Waals surface area contributed by atoms with Crippen LogP contribution in [0, 0.1) is 0 Å². The summed E-state index contributed by atoms with van der Waals surface area (Å²) in [5.74, 6) is -1.77. The lowest BCUT2D eigenvalue weighted by Gasteiger charge is -2.40. The van der Waals surface area contributed by atoms with Crippen molar-refractivity contribution < 1.29 is 18.9 Å². The SMILES string of the molecule is CCC(NC(CC)(OC)OC)(OC)OC. The third-order valence-corrected chi connectivity index (χ3v) is 2.63. The van der Waals surface area contributed by atoms with Gasteiger partial charge in [-0.25, -0.2) is 5.32 Å². The van der Waals surface area contributed by atoms with E-state index in [1.807, 2.05) is 13.8 Å². The predicted molar refractivity (Wildman–Crippen MR) is 57.2 cm³/mol. The minimum absolute atomic E-state index is 0.633. The summed E-state index contributed by atoms with van der Waals surface area (Å²) in [6, 6.07) is 0. The Kier molecular flexibility index (Phi) is 6.31. The van der Waals surface area contributed by atoms with E-state index < -0.39 is 11.8 Å². The molecule has 5 nitrogen and oxygen atoms in total. The molecule has 0 unspecified atom stereocenters. The first-order valence-corrected chi connectivity index (χ1v) is 5.07. The van der Waals surface area contributed by atoms with Crippen LogP contribution in [0.25, 0.3) is 0 Å². The lowest BCUT2D eigenvalue weighted by Crippen LogP contribution is -2.61. The van der Waals surface area contributed by atoms with Gasteiger partial charge in [0.2, 0.25) is 11.8 Å². The van der Waals surface area contributed by atoms with Crippen LogP contribution < -0.4 is 5.32 Å². The molecule has 0 aromatic carbocycles. The van der Waals surface area contributed by atoms with Gasteiger partial charge >= 0.3 is 0 Å². The first kappa shape index (κ1) is 14.8. The van der Waals surface area contributed by atoms with Gasteiger partial charge in [0.1, 0.15) is 0 Å². The van der Waals surface area contributed by atoms with Gasteiger partial charge in [-0.3, -0.25) is 0 Å². The molecule has 0 saturated carbocycles. The van der Waals surface area contributed by atoms with Crippen molar-refractivity contribution in [2.45, 2.75) is 38.5 Å². The number of nitrogens with one attached hydrogen (secondary N) is 1. The van der Waals surface area contributed by atoms with Crippen molar-refractivity contribution in [2.24, 2.45) is 0 Å². The maximum atomic E-state index is 5.30. The second-order valence-electron chi connectivity index (χ2n) is 3.15. The third kappa shape index (κ3) is 3.39. The number of methoxy groups -OCH3 is 4. The van der Waals surface area contributed by atoms with Crippen molar-refractivity contribution >= 4 is 0 Å². The van der Waals surface area contributed by atoms with E-state index in [-0.39, 0.29) is 0 Å². The third-order valence-electron chi connectivity index (χ3n) is 2.63. The summed E-state index contributed by atoms with van der Waals surface area (Å²) in [6.45, 7) is 3.90. The predicted octanol–water partition coefficient (Wildman–Crippen LogP) is 1.29. The molecule has 0 atom stereocenters. The van der Waals surface area contributed by atoms with E-state index in [9.17, 15) is 0 Å². The molecule has 0 aliphatic heterocycles. The van der Waals surface area contributed by atoms with E-state index in [4.69, 9.17) is 18.9 Å². The fraction of sp³-hybridized carbons (Fsp3) is 1.00. The van der Waals surface area contributed by atoms with Gasteiger partial charge in [-0.1, -0.05) is 13.8 Å². The van der Waals surface area contributed by atoms with Crippen LogP contribution in [-0.2, 0) is 18.9 Å². The van der Waals surface area contributed by atoms with Crippen molar-refractivity contribution in [3.63, 3.8) is 0 Å². The molecule has 0 radical (unpaired) electrons. The summed E-state index contributed by atoms with van der Waals surface area (Å²) in [5, 5.41) is 3.09. The normalized spacial score (nSPS) is 13.2. The summed E-state index contributed by atoms with van der Waals surface area (Å²) in [7, 11) is 6.30. The highest BCUT2D eigenvalue weighted by atomic mass is 16.7. The minimum Gasteiger partial charge on any atom is -0.341 e. The first-order chi connectivity index (χ1) is 7.07. The van der Waals surface area contributed by atoms with Crippen LogP contribution in [0.1, 0.15) is 26.7 Å². The smallest absolute Gasteiger partial charge is 0.230 e. The molecule has 0 amide bonds. The van der Waals surface area contributed by atoms with Gasteiger partial charge in [0.25, 0.3) is 0 Å². The molecule has 92 valence electrons. The Morgan fingerprint density at radius 1 is 0.733 bits per heavy atom. The highest BCUT2D eigenvalue weighted by Gasteiger charge is 2.39. The standard InChI is InChI=1S/C10H23NO4/c1-7-9(12-3,13-4)11-10(8-2,14-5)15-6/h11H,7-8H2,1-6H3. The van der Waals surface area contributed by atoms with Gasteiger partial charge in [0, 0.05) is 41.3 Å². The molecule has 0 bridgehead atoms. The van der Waals surface area contributed by atoms with E-state index in [1.54, 1.807) is 28.4 Å². The quantitative estimate of drug-likeness (QED) is 0.626. The zero-order chi connectivity index (χ0) is 11.9. The van der Waals surface area contributed by atoms with E-state index >= 15 is 0 Å². The van der Waals surface area contributed by atoms with E-state index in [0.29, 0.717) is 12.8 Å². The maximum Gasteiger partial charge on any atom is 0.230 e. The fourth-order valence-electron chi connectivity index (χ4n) is 1.42. The average molecular weight is 221 g/mol. The molecule has 0 spiro atoms. The molecule has 0 saturated heterocycles. The second kappa shape index (κ2) is 6.40. The highest BCUT2D eigenvalue weighted by molar-refractivity contribution is 4.73. The largest absolute Gasteiger partial charge is 0.341 e. The molecule has 0 aromatic heterocycles. The Labute approximate surface area is 92.0 Å². The van der Waals surface area contributed by atoms with Crippen LogP contribution in [0.3, 0.4) is 0 Å². The van der Waals surface area contributed by atoms with Crippen LogP contribution in [0.4, 0.5) is 0 Å². The van der Waals surface area contributed by atoms with Gasteiger partial charge < -0.3 is 18.9 Å². The number of ether oxygens (including phenoxy) is 4. The lowest BCUT2D eigenvalue weighted by atomic mass is 10.3. The molecule has 0 aliphatic rings. The Morgan fingerprint density at radius 3 is 1.13 bits per heavy atom. The summed E-state index contributed by atoms with van der Waals surface area (Å²) in [6.07, 6.45) is 1.27. The summed E-state index contributed by atoms with van der Waals surface area (Å²) in [5.41, 5.74) is 0. The summed E-state index contributed by atoms with van der Waals surface area (Å²) >= 11 is 0. The van der Waals surface area contributed by atoms with E-state index in [2.05, 4.69) is 5.32 Å². The molecular formula is C10H23NO4. The van der Waals surface area contributed by atoms with Crippen molar-refractivity contribution in [3.8, 4) is 0 Å². The molecule has 0 fully saturated rings. The van der Waals surface area contributed by atoms with Crippen LogP contribution >= 0.6 is 0 Å². The lowest BCUT2D eigenvalue weighted by molar-refractivity contribution is -0.321. The molecule has 0 aromatic rings. The van der Waals surface area contributed by atoms with Crippen molar-refractivity contribution in [3.05, 3.63) is 0 Å². The van der Waals surface area contributed by atoms with Crippen molar-refractivity contribution in [1.82, 2.24) is 5.32 Å². The second-order valence-corrected chi connectivity index (χ2v) is 3.15. The zero-order valence-corrected chi connectivity index (χ0v) is 10.5. The monoisotopic (exact) mass is 221 g/mol. The van der Waals surface area contributed by atoms with Crippen molar-refractivity contribution in [1.29, 1.82) is 0 Å². The van der Waals surface area contributed by atoms with E-state index in [1.165, 1.54) is 0 Å². The molecule has 15 heavy (non-hydrogen) atoms. The molecule has 0 rings (SSSR count). The van der Waals surface area contributed by atoms with Gasteiger partial charge in [0.15, 0.2) is 0 Å². The van der Waals surface area contributed by atoms with Gasteiger partial charge in [-0.2, -0.15) is 0 Å². The Morgan fingerprint density at radius 2 is 1.00 bits per heavy atom. The number of rotatable bonds is 8. The molecular weight excluding hydrogens is 198 g/mol. The Balaban J connectivity index is 4.74. The van der Waals surface area contributed by atoms with Gasteiger partial charge in [-0.05, 0) is 0 Å². The summed E-state index contributed by atoms with van der Waals surface area (Å²) in [4.78, 5) is 0. The minimum atomic E-state index is -0.887. The molecule has 5 heteroatoms. The molecule has 0 heterocycles. The first-order valence-electron chi connectivity index (χ1n) is 5.07. The van der Waals surface area contributed by atoms with E-state index in [0.717, 1.165) is 0 Å². The molecule has 1 N–H and O–H groups in total. The topological polar surface area (TPSA) is 49.0 Å².